The molecule has 1 N–H and O–H groups in total. The van der Waals surface area contributed by atoms with Crippen LogP contribution in [0.5, 0.6) is 0 Å². The summed E-state index contributed by atoms with van der Waals surface area (Å²) in [7, 11) is 0. The molecular weight excluding hydrogens is 201 g/mol. The molecule has 0 saturated carbocycles. The van der Waals surface area contributed by atoms with Crippen molar-refractivity contribution in [2.45, 2.75) is 18.8 Å². The van der Waals surface area contributed by atoms with E-state index in [2.05, 4.69) is 5.32 Å². The summed E-state index contributed by atoms with van der Waals surface area (Å²) in [4.78, 5) is 0. The molecule has 0 aromatic heterocycles. The van der Waals surface area contributed by atoms with Gasteiger partial charge in [0.15, 0.2) is 0 Å². The highest BCUT2D eigenvalue weighted by Gasteiger charge is 2.15. The fourth-order valence-corrected chi connectivity index (χ4v) is 2.02. The average Bonchev–Trinajstić information content (AvgIpc) is 2.23. The Hall–Kier alpha value is -0.600. The first kappa shape index (κ1) is 9.94. The number of nitrogens with one attached hydrogen (secondary N) is 1. The number of rotatable bonds is 1. The van der Waals surface area contributed by atoms with Gasteiger partial charge >= 0.3 is 0 Å². The lowest BCUT2D eigenvalue weighted by Crippen LogP contribution is -2.28. The summed E-state index contributed by atoms with van der Waals surface area (Å²) in [5.74, 6) is 0.130. The average molecular weight is 214 g/mol. The zero-order chi connectivity index (χ0) is 9.97. The van der Waals surface area contributed by atoms with E-state index < -0.39 is 0 Å². The van der Waals surface area contributed by atoms with Crippen molar-refractivity contribution in [1.29, 1.82) is 0 Å². The Labute approximate surface area is 88.3 Å². The third kappa shape index (κ3) is 2.07. The van der Waals surface area contributed by atoms with E-state index in [-0.39, 0.29) is 10.8 Å². The van der Waals surface area contributed by atoms with E-state index in [4.69, 9.17) is 11.6 Å². The van der Waals surface area contributed by atoms with Gasteiger partial charge in [-0.3, -0.25) is 0 Å². The van der Waals surface area contributed by atoms with Crippen molar-refractivity contribution < 1.29 is 4.39 Å². The van der Waals surface area contributed by atoms with Crippen LogP contribution in [-0.2, 0) is 0 Å². The van der Waals surface area contributed by atoms with Crippen LogP contribution in [0, 0.1) is 5.82 Å². The highest BCUT2D eigenvalue weighted by atomic mass is 35.5. The summed E-state index contributed by atoms with van der Waals surface area (Å²) >= 11 is 5.63. The van der Waals surface area contributed by atoms with Gasteiger partial charge in [0, 0.05) is 6.54 Å². The summed E-state index contributed by atoms with van der Waals surface area (Å²) in [5, 5.41) is 3.52. The molecule has 0 radical (unpaired) electrons. The molecule has 1 heterocycles. The van der Waals surface area contributed by atoms with Crippen molar-refractivity contribution in [3.8, 4) is 0 Å². The molecule has 1 nitrogen and oxygen atoms in total. The molecule has 1 fully saturated rings. The topological polar surface area (TPSA) is 12.0 Å². The van der Waals surface area contributed by atoms with Crippen molar-refractivity contribution in [3.05, 3.63) is 34.6 Å². The Bertz CT molecular complexity index is 321. The van der Waals surface area contributed by atoms with Crippen LogP contribution < -0.4 is 5.32 Å². The first-order valence-electron chi connectivity index (χ1n) is 4.93. The fourth-order valence-electron chi connectivity index (χ4n) is 1.90. The summed E-state index contributed by atoms with van der Waals surface area (Å²) in [6.07, 6.45) is 2.29. The molecule has 0 unspecified atom stereocenters. The molecular formula is C11H13ClFN. The lowest BCUT2D eigenvalue weighted by Gasteiger charge is -2.23. The second kappa shape index (κ2) is 4.28. The minimum atomic E-state index is -0.310. The number of benzene rings is 1. The van der Waals surface area contributed by atoms with Crippen molar-refractivity contribution in [1.82, 2.24) is 5.32 Å². The minimum absolute atomic E-state index is 0.206. The molecule has 1 aromatic carbocycles. The van der Waals surface area contributed by atoms with Gasteiger partial charge in [0.05, 0.1) is 5.02 Å². The molecule has 0 bridgehead atoms. The Kier molecular flexibility index (Phi) is 3.04. The van der Waals surface area contributed by atoms with Gasteiger partial charge in [-0.2, -0.15) is 0 Å². The van der Waals surface area contributed by atoms with Gasteiger partial charge in [-0.1, -0.05) is 17.7 Å². The normalized spacial score (nSPS) is 22.3. The molecule has 0 aliphatic carbocycles. The van der Waals surface area contributed by atoms with Crippen LogP contribution in [0.3, 0.4) is 0 Å². The van der Waals surface area contributed by atoms with Gasteiger partial charge in [0.25, 0.3) is 0 Å². The van der Waals surface area contributed by atoms with Crippen LogP contribution >= 0.6 is 11.6 Å². The maximum atomic E-state index is 13.2. The lowest BCUT2D eigenvalue weighted by atomic mass is 9.92. The number of hydrogen-bond acceptors (Lipinski definition) is 1. The predicted molar refractivity (Wildman–Crippen MR) is 56.3 cm³/mol. The van der Waals surface area contributed by atoms with Crippen molar-refractivity contribution >= 4 is 11.6 Å². The summed E-state index contributed by atoms with van der Waals surface area (Å²) < 4.78 is 13.2. The molecule has 14 heavy (non-hydrogen) atoms. The Morgan fingerprint density at radius 1 is 1.43 bits per heavy atom. The molecule has 1 saturated heterocycles. The maximum Gasteiger partial charge on any atom is 0.142 e. The van der Waals surface area contributed by atoms with Crippen molar-refractivity contribution in [2.24, 2.45) is 0 Å². The van der Waals surface area contributed by atoms with E-state index in [1.54, 1.807) is 12.1 Å². The van der Waals surface area contributed by atoms with Gasteiger partial charge in [-0.25, -0.2) is 4.39 Å². The largest absolute Gasteiger partial charge is 0.316 e. The third-order valence-electron chi connectivity index (χ3n) is 2.71. The zero-order valence-corrected chi connectivity index (χ0v) is 8.65. The highest BCUT2D eigenvalue weighted by molar-refractivity contribution is 6.30. The maximum absolute atomic E-state index is 13.2. The van der Waals surface area contributed by atoms with E-state index in [1.165, 1.54) is 0 Å². The van der Waals surface area contributed by atoms with E-state index in [1.807, 2.05) is 6.07 Å². The van der Waals surface area contributed by atoms with Gasteiger partial charge in [-0.15, -0.1) is 0 Å². The molecule has 1 atom stereocenters. The number of hydrogen-bond donors (Lipinski definition) is 1. The molecule has 2 rings (SSSR count). The van der Waals surface area contributed by atoms with E-state index in [0.717, 1.165) is 31.5 Å². The van der Waals surface area contributed by atoms with E-state index >= 15 is 0 Å². The second-order valence-electron chi connectivity index (χ2n) is 3.72. The van der Waals surface area contributed by atoms with Crippen LogP contribution in [0.2, 0.25) is 5.02 Å². The minimum Gasteiger partial charge on any atom is -0.316 e. The van der Waals surface area contributed by atoms with Gasteiger partial charge in [0.1, 0.15) is 5.82 Å². The second-order valence-corrected chi connectivity index (χ2v) is 4.12. The van der Waals surface area contributed by atoms with E-state index in [9.17, 15) is 4.39 Å². The van der Waals surface area contributed by atoms with Crippen LogP contribution in [0.15, 0.2) is 18.2 Å². The molecule has 1 aromatic rings. The van der Waals surface area contributed by atoms with Crippen LogP contribution in [-0.4, -0.2) is 13.1 Å². The zero-order valence-electron chi connectivity index (χ0n) is 7.89. The number of halogens is 2. The molecule has 0 amide bonds. The molecule has 1 aliphatic heterocycles. The highest BCUT2D eigenvalue weighted by Crippen LogP contribution is 2.26. The number of piperidine rings is 1. The lowest BCUT2D eigenvalue weighted by molar-refractivity contribution is 0.460. The Morgan fingerprint density at radius 2 is 2.29 bits per heavy atom. The summed E-state index contributed by atoms with van der Waals surface area (Å²) in [5.41, 5.74) is 1.05. The smallest absolute Gasteiger partial charge is 0.142 e. The first-order chi connectivity index (χ1) is 6.77. The third-order valence-corrected chi connectivity index (χ3v) is 3.02. The van der Waals surface area contributed by atoms with Gasteiger partial charge in [0.2, 0.25) is 0 Å². The summed E-state index contributed by atoms with van der Waals surface area (Å²) in [6.45, 7) is 2.02. The quantitative estimate of drug-likeness (QED) is 0.757. The van der Waals surface area contributed by atoms with Gasteiger partial charge < -0.3 is 5.32 Å². The van der Waals surface area contributed by atoms with Crippen molar-refractivity contribution in [3.63, 3.8) is 0 Å². The SMILES string of the molecule is Fc1cc([C@@H]2CCCNC2)ccc1Cl. The van der Waals surface area contributed by atoms with Crippen molar-refractivity contribution in [2.75, 3.05) is 13.1 Å². The van der Waals surface area contributed by atoms with E-state index in [0.29, 0.717) is 5.92 Å². The monoisotopic (exact) mass is 213 g/mol. The van der Waals surface area contributed by atoms with Crippen LogP contribution in [0.1, 0.15) is 24.3 Å². The fraction of sp³-hybridized carbons (Fsp3) is 0.455. The summed E-state index contributed by atoms with van der Waals surface area (Å²) in [6, 6.07) is 5.11. The first-order valence-corrected chi connectivity index (χ1v) is 5.31. The molecule has 0 spiro atoms. The Balaban J connectivity index is 2.18. The predicted octanol–water partition coefficient (Wildman–Crippen LogP) is 2.95. The molecule has 3 heteroatoms. The Morgan fingerprint density at radius 3 is 2.93 bits per heavy atom. The van der Waals surface area contributed by atoms with Crippen LogP contribution in [0.25, 0.3) is 0 Å². The van der Waals surface area contributed by atoms with Gasteiger partial charge in [-0.05, 0) is 43.0 Å². The standard InChI is InChI=1S/C11H13ClFN/c12-10-4-3-8(6-11(10)13)9-2-1-5-14-7-9/h3-4,6,9,14H,1-2,5,7H2/t9-/m1/s1. The molecule has 1 aliphatic rings. The molecule has 76 valence electrons. The van der Waals surface area contributed by atoms with Crippen LogP contribution in [0.4, 0.5) is 4.39 Å².